The summed E-state index contributed by atoms with van der Waals surface area (Å²) in [4.78, 5) is 16.4. The van der Waals surface area contributed by atoms with Crippen molar-refractivity contribution in [1.29, 1.82) is 0 Å². The summed E-state index contributed by atoms with van der Waals surface area (Å²) in [6, 6.07) is 23.5. The van der Waals surface area contributed by atoms with Gasteiger partial charge in [-0.2, -0.15) is 0 Å². The van der Waals surface area contributed by atoms with Gasteiger partial charge < -0.3 is 9.47 Å². The molecule has 0 saturated heterocycles. The summed E-state index contributed by atoms with van der Waals surface area (Å²) in [6.07, 6.45) is 2.60. The molecule has 1 atom stereocenters. The molecule has 0 saturated carbocycles. The fourth-order valence-corrected chi connectivity index (χ4v) is 6.32. The van der Waals surface area contributed by atoms with Crippen LogP contribution in [0.1, 0.15) is 55.1 Å². The van der Waals surface area contributed by atoms with E-state index in [2.05, 4.69) is 48.7 Å². The lowest BCUT2D eigenvalue weighted by Crippen LogP contribution is -2.06. The Balaban J connectivity index is 1.33. The van der Waals surface area contributed by atoms with Gasteiger partial charge in [-0.15, -0.1) is 11.3 Å². The molecular weight excluding hydrogens is 517 g/mol. The van der Waals surface area contributed by atoms with Crippen molar-refractivity contribution in [3.63, 3.8) is 0 Å². The van der Waals surface area contributed by atoms with Crippen LogP contribution < -0.4 is 4.74 Å². The zero-order valence-electron chi connectivity index (χ0n) is 21.7. The van der Waals surface area contributed by atoms with Gasteiger partial charge in [0, 0.05) is 28.7 Å². The number of esters is 1. The highest BCUT2D eigenvalue weighted by atomic mass is 32.2. The quantitative estimate of drug-likeness (QED) is 0.123. The first-order valence-corrected chi connectivity index (χ1v) is 14.6. The highest BCUT2D eigenvalue weighted by molar-refractivity contribution is 8.01. The molecule has 0 N–H and O–H groups in total. The van der Waals surface area contributed by atoms with Crippen molar-refractivity contribution in [3.8, 4) is 17.0 Å². The number of rotatable bonds is 13. The molecule has 3 aromatic carbocycles. The second-order valence-electron chi connectivity index (χ2n) is 8.85. The van der Waals surface area contributed by atoms with Gasteiger partial charge in [0.25, 0.3) is 0 Å². The Labute approximate surface area is 232 Å². The van der Waals surface area contributed by atoms with E-state index in [9.17, 15) is 9.18 Å². The molecule has 198 valence electrons. The van der Waals surface area contributed by atoms with Crippen molar-refractivity contribution in [3.05, 3.63) is 101 Å². The Morgan fingerprint density at radius 2 is 1.84 bits per heavy atom. The molecule has 4 aromatic rings. The summed E-state index contributed by atoms with van der Waals surface area (Å²) in [5.41, 5.74) is 4.91. The lowest BCUT2D eigenvalue weighted by molar-refractivity contribution is -0.143. The molecule has 1 aromatic heterocycles. The number of hydrogen-bond donors (Lipinski definition) is 0. The second-order valence-corrected chi connectivity index (χ2v) is 11.2. The van der Waals surface area contributed by atoms with Gasteiger partial charge in [-0.3, -0.25) is 4.79 Å². The van der Waals surface area contributed by atoms with Gasteiger partial charge in [0.05, 0.1) is 12.3 Å². The van der Waals surface area contributed by atoms with E-state index in [4.69, 9.17) is 14.5 Å². The van der Waals surface area contributed by atoms with Crippen molar-refractivity contribution in [2.24, 2.45) is 0 Å². The molecule has 0 fully saturated rings. The number of carbonyl (C=O) groups excluding carboxylic acids is 1. The summed E-state index contributed by atoms with van der Waals surface area (Å²) in [6.45, 7) is 4.63. The fraction of sp³-hybridized carbons (Fsp3) is 0.290. The van der Waals surface area contributed by atoms with Crippen molar-refractivity contribution < 1.29 is 18.7 Å². The smallest absolute Gasteiger partial charge is 0.306 e. The molecule has 0 amide bonds. The number of aryl methyl sites for hydroxylation is 1. The van der Waals surface area contributed by atoms with Crippen LogP contribution in [0.4, 0.5) is 4.39 Å². The van der Waals surface area contributed by atoms with Crippen molar-refractivity contribution >= 4 is 29.1 Å². The number of thioether (sulfide) groups is 1. The fourth-order valence-electron chi connectivity index (χ4n) is 4.02. The second kappa shape index (κ2) is 14.1. The van der Waals surface area contributed by atoms with Gasteiger partial charge >= 0.3 is 5.97 Å². The molecule has 4 nitrogen and oxygen atoms in total. The third-order valence-corrected chi connectivity index (χ3v) is 8.33. The van der Waals surface area contributed by atoms with Crippen LogP contribution in [0.3, 0.4) is 0 Å². The number of benzene rings is 3. The molecule has 0 aliphatic heterocycles. The van der Waals surface area contributed by atoms with E-state index in [1.807, 2.05) is 30.0 Å². The topological polar surface area (TPSA) is 48.4 Å². The predicted octanol–water partition coefficient (Wildman–Crippen LogP) is 8.66. The number of thiazole rings is 1. The first kappa shape index (κ1) is 27.9. The number of nitrogens with zero attached hydrogens (tertiary/aromatic N) is 1. The van der Waals surface area contributed by atoms with Gasteiger partial charge in [-0.05, 0) is 42.5 Å². The van der Waals surface area contributed by atoms with Crippen LogP contribution in [-0.2, 0) is 22.6 Å². The highest BCUT2D eigenvalue weighted by Crippen LogP contribution is 2.41. The average Bonchev–Trinajstić information content (AvgIpc) is 3.41. The standard InChI is InChI=1S/C31H32FNO3S2/c1-3-8-29(38-31-33-28(21-37-31)24-9-6-5-7-10-24)25-13-11-22(12-14-25)20-36-26-17-15-23(27(32)19-26)16-18-30(34)35-4-2/h5-7,9-15,17,19,21,29H,3-4,8,16,18,20H2,1-2H3. The van der Waals surface area contributed by atoms with E-state index in [1.54, 1.807) is 30.4 Å². The molecule has 38 heavy (non-hydrogen) atoms. The number of carbonyl (C=O) groups is 1. The summed E-state index contributed by atoms with van der Waals surface area (Å²) in [5.74, 6) is -0.234. The van der Waals surface area contributed by atoms with E-state index in [1.165, 1.54) is 11.6 Å². The minimum atomic E-state index is -0.376. The van der Waals surface area contributed by atoms with E-state index in [-0.39, 0.29) is 18.2 Å². The Hall–Kier alpha value is -3.16. The lowest BCUT2D eigenvalue weighted by atomic mass is 10.1. The molecule has 4 rings (SSSR count). The van der Waals surface area contributed by atoms with E-state index >= 15 is 0 Å². The van der Waals surface area contributed by atoms with Crippen LogP contribution in [-0.4, -0.2) is 17.6 Å². The van der Waals surface area contributed by atoms with Crippen molar-refractivity contribution in [2.45, 2.75) is 55.7 Å². The number of hydrogen-bond acceptors (Lipinski definition) is 6. The largest absolute Gasteiger partial charge is 0.489 e. The first-order valence-electron chi connectivity index (χ1n) is 12.9. The van der Waals surface area contributed by atoms with Gasteiger partial charge in [-0.25, -0.2) is 9.37 Å². The maximum absolute atomic E-state index is 14.5. The Kier molecular flexibility index (Phi) is 10.4. The molecule has 1 unspecified atom stereocenters. The normalized spacial score (nSPS) is 11.8. The maximum Gasteiger partial charge on any atom is 0.306 e. The Bertz CT molecular complexity index is 1310. The van der Waals surface area contributed by atoms with Gasteiger partial charge in [-0.1, -0.05) is 85.8 Å². The van der Waals surface area contributed by atoms with Crippen LogP contribution in [0.25, 0.3) is 11.3 Å². The summed E-state index contributed by atoms with van der Waals surface area (Å²) in [7, 11) is 0. The van der Waals surface area contributed by atoms with Crippen LogP contribution in [0.5, 0.6) is 5.75 Å². The van der Waals surface area contributed by atoms with E-state index in [0.29, 0.717) is 36.2 Å². The van der Waals surface area contributed by atoms with Crippen LogP contribution in [0, 0.1) is 5.82 Å². The van der Waals surface area contributed by atoms with Gasteiger partial charge in [0.2, 0.25) is 0 Å². The number of aromatic nitrogens is 1. The molecule has 0 spiro atoms. The van der Waals surface area contributed by atoms with Crippen molar-refractivity contribution in [1.82, 2.24) is 4.98 Å². The molecule has 0 bridgehead atoms. The maximum atomic E-state index is 14.5. The summed E-state index contributed by atoms with van der Waals surface area (Å²) in [5, 5.41) is 2.44. The van der Waals surface area contributed by atoms with E-state index in [0.717, 1.165) is 34.0 Å². The number of ether oxygens (including phenoxy) is 2. The third kappa shape index (κ3) is 7.92. The Morgan fingerprint density at radius 3 is 2.55 bits per heavy atom. The van der Waals surface area contributed by atoms with Gasteiger partial charge in [0.1, 0.15) is 18.2 Å². The van der Waals surface area contributed by atoms with E-state index < -0.39 is 0 Å². The summed E-state index contributed by atoms with van der Waals surface area (Å²) < 4.78 is 26.3. The number of halogens is 1. The predicted molar refractivity (Wildman–Crippen MR) is 153 cm³/mol. The zero-order valence-corrected chi connectivity index (χ0v) is 23.3. The SMILES string of the molecule is CCCC(Sc1nc(-c2ccccc2)cs1)c1ccc(COc2ccc(CCC(=O)OCC)c(F)c2)cc1. The molecule has 7 heteroatoms. The molecule has 0 aliphatic carbocycles. The lowest BCUT2D eigenvalue weighted by Gasteiger charge is -2.15. The Morgan fingerprint density at radius 1 is 1.05 bits per heavy atom. The third-order valence-electron chi connectivity index (χ3n) is 6.03. The highest BCUT2D eigenvalue weighted by Gasteiger charge is 2.16. The molecule has 0 aliphatic rings. The molecule has 0 radical (unpaired) electrons. The first-order chi connectivity index (χ1) is 18.6. The van der Waals surface area contributed by atoms with Gasteiger partial charge in [0.15, 0.2) is 4.34 Å². The average molecular weight is 550 g/mol. The van der Waals surface area contributed by atoms with Crippen LogP contribution in [0.15, 0.2) is 82.5 Å². The zero-order chi connectivity index (χ0) is 26.7. The van der Waals surface area contributed by atoms with Crippen LogP contribution >= 0.6 is 23.1 Å². The molecular formula is C31H32FNO3S2. The minimum Gasteiger partial charge on any atom is -0.489 e. The van der Waals surface area contributed by atoms with Crippen molar-refractivity contribution in [2.75, 3.05) is 6.61 Å². The van der Waals surface area contributed by atoms with Crippen LogP contribution in [0.2, 0.25) is 0 Å². The monoisotopic (exact) mass is 549 g/mol. The summed E-state index contributed by atoms with van der Waals surface area (Å²) >= 11 is 3.50. The minimum absolute atomic E-state index is 0.158. The molecule has 1 heterocycles.